The molecule has 2 aromatic carbocycles. The number of carbonyl (C=O) groups excluding carboxylic acids is 1. The van der Waals surface area contributed by atoms with Gasteiger partial charge in [0.25, 0.3) is 5.91 Å². The molecule has 2 aliphatic heterocycles. The van der Waals surface area contributed by atoms with Crippen LogP contribution in [0.1, 0.15) is 51.6 Å². The maximum Gasteiger partial charge on any atom is 0.257 e. The number of halogens is 1. The second-order valence-electron chi connectivity index (χ2n) is 10.2. The van der Waals surface area contributed by atoms with Crippen molar-refractivity contribution in [3.63, 3.8) is 0 Å². The standard InChI is InChI=1S/C30H36ClN5O2/c1-22-5-2-3-6-23(22)10-13-27-26(29(38)35-17-15-34(16-18-35)19-20-37)21-32-30(33-27)36-14-4-7-28(36)24-8-11-25(31)12-9-24/h2-3,5-6,8-9,11-12,21,28,37H,4,7,10,13-20H2,1H3/t28-/m1/s1. The minimum Gasteiger partial charge on any atom is -0.395 e. The Morgan fingerprint density at radius 3 is 2.53 bits per heavy atom. The zero-order valence-electron chi connectivity index (χ0n) is 22.0. The van der Waals surface area contributed by atoms with Crippen LogP contribution < -0.4 is 4.90 Å². The van der Waals surface area contributed by atoms with Crippen LogP contribution in [0.4, 0.5) is 5.95 Å². The van der Waals surface area contributed by atoms with Gasteiger partial charge >= 0.3 is 0 Å². The number of nitrogens with zero attached hydrogens (tertiary/aromatic N) is 5. The summed E-state index contributed by atoms with van der Waals surface area (Å²) in [5.41, 5.74) is 5.13. The van der Waals surface area contributed by atoms with Crippen LogP contribution in [0.25, 0.3) is 0 Å². The predicted octanol–water partition coefficient (Wildman–Crippen LogP) is 4.32. The van der Waals surface area contributed by atoms with Crippen molar-refractivity contribution < 1.29 is 9.90 Å². The Morgan fingerprint density at radius 2 is 1.79 bits per heavy atom. The van der Waals surface area contributed by atoms with Crippen molar-refractivity contribution >= 4 is 23.5 Å². The lowest BCUT2D eigenvalue weighted by Gasteiger charge is -2.34. The Labute approximate surface area is 230 Å². The van der Waals surface area contributed by atoms with E-state index in [1.54, 1.807) is 6.20 Å². The molecular formula is C30H36ClN5O2. The summed E-state index contributed by atoms with van der Waals surface area (Å²) in [6.45, 7) is 6.60. The van der Waals surface area contributed by atoms with Crippen LogP contribution in [-0.2, 0) is 12.8 Å². The number of carbonyl (C=O) groups is 1. The van der Waals surface area contributed by atoms with Crippen LogP contribution in [0.15, 0.2) is 54.7 Å². The maximum atomic E-state index is 13.7. The van der Waals surface area contributed by atoms with Crippen LogP contribution in [0.5, 0.6) is 0 Å². The summed E-state index contributed by atoms with van der Waals surface area (Å²) in [6, 6.07) is 16.6. The van der Waals surface area contributed by atoms with Gasteiger partial charge in [0.1, 0.15) is 0 Å². The summed E-state index contributed by atoms with van der Waals surface area (Å²) in [6.07, 6.45) is 5.32. The molecule has 7 nitrogen and oxygen atoms in total. The summed E-state index contributed by atoms with van der Waals surface area (Å²) in [5, 5.41) is 9.98. The number of aromatic nitrogens is 2. The van der Waals surface area contributed by atoms with Gasteiger partial charge in [-0.25, -0.2) is 9.97 Å². The van der Waals surface area contributed by atoms with E-state index in [1.165, 1.54) is 16.7 Å². The zero-order valence-corrected chi connectivity index (χ0v) is 22.8. The van der Waals surface area contributed by atoms with E-state index in [-0.39, 0.29) is 18.6 Å². The number of hydrogen-bond acceptors (Lipinski definition) is 6. The summed E-state index contributed by atoms with van der Waals surface area (Å²) in [5.74, 6) is 0.683. The first-order valence-corrected chi connectivity index (χ1v) is 14.0. The van der Waals surface area contributed by atoms with Crippen LogP contribution in [-0.4, -0.2) is 76.7 Å². The number of hydrogen-bond donors (Lipinski definition) is 1. The third-order valence-electron chi connectivity index (χ3n) is 7.82. The smallest absolute Gasteiger partial charge is 0.257 e. The second kappa shape index (κ2) is 12.2. The number of amides is 1. The number of aliphatic hydroxyl groups excluding tert-OH is 1. The molecule has 200 valence electrons. The van der Waals surface area contributed by atoms with Crippen molar-refractivity contribution in [2.45, 2.75) is 38.6 Å². The van der Waals surface area contributed by atoms with E-state index < -0.39 is 0 Å². The van der Waals surface area contributed by atoms with Gasteiger partial charge in [-0.3, -0.25) is 9.69 Å². The molecule has 1 atom stereocenters. The van der Waals surface area contributed by atoms with E-state index in [1.807, 2.05) is 17.0 Å². The van der Waals surface area contributed by atoms with Crippen LogP contribution in [0, 0.1) is 6.92 Å². The van der Waals surface area contributed by atoms with E-state index in [0.29, 0.717) is 37.6 Å². The fourth-order valence-corrected chi connectivity index (χ4v) is 5.71. The molecule has 0 bridgehead atoms. The first-order chi connectivity index (χ1) is 18.5. The van der Waals surface area contributed by atoms with Crippen LogP contribution in [0.3, 0.4) is 0 Å². The molecule has 1 N–H and O–H groups in total. The van der Waals surface area contributed by atoms with Gasteiger partial charge < -0.3 is 14.9 Å². The number of aryl methyl sites for hydroxylation is 3. The molecule has 3 aromatic rings. The predicted molar refractivity (Wildman–Crippen MR) is 151 cm³/mol. The molecule has 2 saturated heterocycles. The van der Waals surface area contributed by atoms with Gasteiger partial charge in [0.05, 0.1) is 23.9 Å². The van der Waals surface area contributed by atoms with Crippen molar-refractivity contribution in [1.82, 2.24) is 19.8 Å². The van der Waals surface area contributed by atoms with Gasteiger partial charge in [-0.2, -0.15) is 0 Å². The molecule has 0 saturated carbocycles. The fourth-order valence-electron chi connectivity index (χ4n) is 5.58. The molecule has 2 aliphatic rings. The highest BCUT2D eigenvalue weighted by Crippen LogP contribution is 2.35. The van der Waals surface area contributed by atoms with Crippen molar-refractivity contribution in [3.05, 3.63) is 87.7 Å². The third kappa shape index (κ3) is 6.01. The summed E-state index contributed by atoms with van der Waals surface area (Å²) in [7, 11) is 0. The van der Waals surface area contributed by atoms with E-state index in [9.17, 15) is 9.90 Å². The Hall–Kier alpha value is -3.00. The van der Waals surface area contributed by atoms with Gasteiger partial charge in [0.15, 0.2) is 0 Å². The van der Waals surface area contributed by atoms with Crippen molar-refractivity contribution in [2.24, 2.45) is 0 Å². The van der Waals surface area contributed by atoms with E-state index in [4.69, 9.17) is 21.6 Å². The van der Waals surface area contributed by atoms with Gasteiger partial charge in [0.2, 0.25) is 5.95 Å². The molecule has 8 heteroatoms. The molecule has 3 heterocycles. The number of rotatable bonds is 8. The lowest BCUT2D eigenvalue weighted by molar-refractivity contribution is 0.0613. The minimum atomic E-state index is -0.00402. The van der Waals surface area contributed by atoms with Crippen LogP contribution in [0.2, 0.25) is 5.02 Å². The zero-order chi connectivity index (χ0) is 26.5. The molecule has 0 spiro atoms. The van der Waals surface area contributed by atoms with E-state index >= 15 is 0 Å². The maximum absolute atomic E-state index is 13.7. The van der Waals surface area contributed by atoms with Gasteiger partial charge in [0, 0.05) is 50.5 Å². The molecule has 1 amide bonds. The summed E-state index contributed by atoms with van der Waals surface area (Å²) < 4.78 is 0. The van der Waals surface area contributed by atoms with Crippen molar-refractivity contribution in [1.29, 1.82) is 0 Å². The van der Waals surface area contributed by atoms with Crippen LogP contribution >= 0.6 is 11.6 Å². The molecular weight excluding hydrogens is 498 g/mol. The first-order valence-electron chi connectivity index (χ1n) is 13.6. The topological polar surface area (TPSA) is 72.8 Å². The van der Waals surface area contributed by atoms with Gasteiger partial charge in [-0.1, -0.05) is 48.0 Å². The van der Waals surface area contributed by atoms with E-state index in [2.05, 4.69) is 53.1 Å². The molecule has 1 aromatic heterocycles. The first kappa shape index (κ1) is 26.6. The lowest BCUT2D eigenvalue weighted by atomic mass is 10.0. The summed E-state index contributed by atoms with van der Waals surface area (Å²) >= 11 is 6.14. The highest BCUT2D eigenvalue weighted by molar-refractivity contribution is 6.30. The van der Waals surface area contributed by atoms with Gasteiger partial charge in [-0.05, 0) is 61.4 Å². The Kier molecular flexibility index (Phi) is 8.57. The monoisotopic (exact) mass is 533 g/mol. The van der Waals surface area contributed by atoms with E-state index in [0.717, 1.165) is 49.6 Å². The molecule has 2 fully saturated rings. The molecule has 0 radical (unpaired) electrons. The fraction of sp³-hybridized carbons (Fsp3) is 0.433. The van der Waals surface area contributed by atoms with Crippen molar-refractivity contribution in [2.75, 3.05) is 50.8 Å². The average molecular weight is 534 g/mol. The second-order valence-corrected chi connectivity index (χ2v) is 10.7. The molecule has 0 aliphatic carbocycles. The number of benzene rings is 2. The normalized spacial score (nSPS) is 18.2. The Morgan fingerprint density at radius 1 is 1.03 bits per heavy atom. The highest BCUT2D eigenvalue weighted by atomic mass is 35.5. The van der Waals surface area contributed by atoms with Crippen molar-refractivity contribution in [3.8, 4) is 0 Å². The average Bonchev–Trinajstić information content (AvgIpc) is 3.43. The third-order valence-corrected chi connectivity index (χ3v) is 8.07. The summed E-state index contributed by atoms with van der Waals surface area (Å²) in [4.78, 5) is 29.8. The lowest BCUT2D eigenvalue weighted by Crippen LogP contribution is -2.49. The number of β-amino-alcohol motifs (C(OH)–C–C–N with tert-alkyl or cyclic N) is 1. The molecule has 38 heavy (non-hydrogen) atoms. The Balaban J connectivity index is 1.41. The largest absolute Gasteiger partial charge is 0.395 e. The highest BCUT2D eigenvalue weighted by Gasteiger charge is 2.30. The number of piperazine rings is 1. The number of aliphatic hydroxyl groups is 1. The molecule has 0 unspecified atom stereocenters. The number of anilines is 1. The molecule has 5 rings (SSSR count). The van der Waals surface area contributed by atoms with Gasteiger partial charge in [-0.15, -0.1) is 0 Å². The minimum absolute atomic E-state index is 0.00402. The quantitative estimate of drug-likeness (QED) is 0.465. The Bertz CT molecular complexity index is 1240. The SMILES string of the molecule is Cc1ccccc1CCc1nc(N2CCC[C@@H]2c2ccc(Cl)cc2)ncc1C(=O)N1CCN(CCO)CC1.